The molecule has 0 heterocycles. The molecule has 0 aliphatic heterocycles. The summed E-state index contributed by atoms with van der Waals surface area (Å²) in [5, 5.41) is 0.779. The smallest absolute Gasteiger partial charge is 0.108 e. The molecule has 0 aromatic heterocycles. The van der Waals surface area contributed by atoms with Gasteiger partial charge in [0.05, 0.1) is 6.54 Å². The van der Waals surface area contributed by atoms with Crippen molar-refractivity contribution in [3.8, 4) is 0 Å². The molecule has 1 unspecified atom stereocenters. The van der Waals surface area contributed by atoms with Crippen molar-refractivity contribution in [2.24, 2.45) is 4.99 Å². The second kappa shape index (κ2) is 7.62. The Morgan fingerprint density at radius 2 is 1.82 bits per heavy atom. The summed E-state index contributed by atoms with van der Waals surface area (Å²) >= 11 is 2.25. The third kappa shape index (κ3) is 7.30. The van der Waals surface area contributed by atoms with Gasteiger partial charge in [-0.15, -0.1) is 0 Å². The minimum atomic E-state index is -0.997. The molecule has 1 aliphatic rings. The lowest BCUT2D eigenvalue weighted by Crippen LogP contribution is -2.23. The van der Waals surface area contributed by atoms with Crippen molar-refractivity contribution in [2.45, 2.75) is 76.8 Å². The molecular weight excluding hydrogens is 242 g/mol. The normalized spacial score (nSPS) is 19.2. The molecule has 1 saturated carbocycles. The third-order valence-electron chi connectivity index (χ3n) is 3.08. The average Bonchev–Trinajstić information content (AvgIpc) is 2.26. The zero-order valence-corrected chi connectivity index (χ0v) is 13.9. The van der Waals surface area contributed by atoms with Crippen molar-refractivity contribution in [1.29, 1.82) is 0 Å². The molecule has 17 heavy (non-hydrogen) atoms. The summed E-state index contributed by atoms with van der Waals surface area (Å²) in [6.07, 6.45) is 9.35. The van der Waals surface area contributed by atoms with Crippen LogP contribution in [0, 0.1) is 0 Å². The van der Waals surface area contributed by atoms with Gasteiger partial charge in [-0.2, -0.15) is 11.2 Å². The zero-order valence-electron chi connectivity index (χ0n) is 12.1. The molecule has 1 rings (SSSR count). The van der Waals surface area contributed by atoms with Gasteiger partial charge in [0.2, 0.25) is 0 Å². The van der Waals surface area contributed by atoms with Crippen molar-refractivity contribution in [2.75, 3.05) is 6.54 Å². The van der Waals surface area contributed by atoms with E-state index >= 15 is 0 Å². The van der Waals surface area contributed by atoms with Gasteiger partial charge in [0.15, 0.2) is 0 Å². The quantitative estimate of drug-likeness (QED) is 0.610. The van der Waals surface area contributed by atoms with E-state index in [-0.39, 0.29) is 0 Å². The predicted octanol–water partition coefficient (Wildman–Crippen LogP) is 5.13. The fourth-order valence-electron chi connectivity index (χ4n) is 2.36. The summed E-state index contributed by atoms with van der Waals surface area (Å²) in [6.45, 7) is 10.7. The van der Waals surface area contributed by atoms with Gasteiger partial charge in [0.25, 0.3) is 0 Å². The molecule has 0 N–H and O–H groups in total. The maximum Gasteiger partial charge on any atom is 0.108 e. The highest BCUT2D eigenvalue weighted by molar-refractivity contribution is 8.29. The Morgan fingerprint density at radius 1 is 1.18 bits per heavy atom. The van der Waals surface area contributed by atoms with Crippen LogP contribution in [0.2, 0.25) is 19.6 Å². The molecule has 1 fully saturated rings. The highest BCUT2D eigenvalue weighted by Crippen LogP contribution is 2.28. The standard InChI is InChI=1S/C14H29NSSi/c1-5-9-14(16-17(2,3)4)12-15-13-10-7-6-8-11-13/h14H,5-12H2,1-4H3. The van der Waals surface area contributed by atoms with Gasteiger partial charge in [0.1, 0.15) is 7.22 Å². The lowest BCUT2D eigenvalue weighted by atomic mass is 9.98. The van der Waals surface area contributed by atoms with E-state index in [1.54, 1.807) is 0 Å². The zero-order chi connectivity index (χ0) is 12.7. The Hall–Kier alpha value is 0.237. The average molecular weight is 272 g/mol. The summed E-state index contributed by atoms with van der Waals surface area (Å²) in [4.78, 5) is 4.90. The molecule has 1 aliphatic carbocycles. The first-order valence-corrected chi connectivity index (χ1v) is 12.3. The third-order valence-corrected chi connectivity index (χ3v) is 7.63. The minimum Gasteiger partial charge on any atom is -0.293 e. The SMILES string of the molecule is CCCC(CN=C1CCCCC1)S[Si](C)(C)C. The highest BCUT2D eigenvalue weighted by Gasteiger charge is 2.20. The second-order valence-electron chi connectivity index (χ2n) is 6.11. The van der Waals surface area contributed by atoms with Crippen LogP contribution >= 0.6 is 11.2 Å². The molecule has 3 heteroatoms. The fraction of sp³-hybridized carbons (Fsp3) is 0.929. The Labute approximate surface area is 113 Å². The number of hydrogen-bond acceptors (Lipinski definition) is 2. The van der Waals surface area contributed by atoms with Crippen LogP contribution in [-0.2, 0) is 0 Å². The van der Waals surface area contributed by atoms with Gasteiger partial charge in [-0.05, 0) is 32.1 Å². The maximum absolute atomic E-state index is 4.90. The summed E-state index contributed by atoms with van der Waals surface area (Å²) in [7, 11) is -0.997. The molecule has 0 radical (unpaired) electrons. The minimum absolute atomic E-state index is 0.779. The topological polar surface area (TPSA) is 12.4 Å². The van der Waals surface area contributed by atoms with Crippen molar-refractivity contribution < 1.29 is 0 Å². The largest absolute Gasteiger partial charge is 0.293 e. The number of hydrogen-bond donors (Lipinski definition) is 0. The monoisotopic (exact) mass is 271 g/mol. The first kappa shape index (κ1) is 15.3. The Kier molecular flexibility index (Phi) is 6.86. The van der Waals surface area contributed by atoms with Crippen molar-refractivity contribution in [3.05, 3.63) is 0 Å². The highest BCUT2D eigenvalue weighted by atomic mass is 32.4. The molecule has 0 spiro atoms. The molecule has 0 bridgehead atoms. The van der Waals surface area contributed by atoms with Crippen LogP contribution in [0.5, 0.6) is 0 Å². The van der Waals surface area contributed by atoms with Crippen LogP contribution in [0.4, 0.5) is 0 Å². The predicted molar refractivity (Wildman–Crippen MR) is 85.0 cm³/mol. The summed E-state index contributed by atoms with van der Waals surface area (Å²) in [5.74, 6) is 0. The maximum atomic E-state index is 4.90. The molecule has 0 aromatic carbocycles. The van der Waals surface area contributed by atoms with Crippen molar-refractivity contribution >= 4 is 24.1 Å². The number of nitrogens with zero attached hydrogens (tertiary/aromatic N) is 1. The molecular formula is C14H29NSSi. The first-order chi connectivity index (χ1) is 8.01. The van der Waals surface area contributed by atoms with Crippen LogP contribution in [0.3, 0.4) is 0 Å². The van der Waals surface area contributed by atoms with E-state index in [4.69, 9.17) is 4.99 Å². The summed E-state index contributed by atoms with van der Waals surface area (Å²) in [5.41, 5.74) is 1.51. The van der Waals surface area contributed by atoms with Crippen molar-refractivity contribution in [3.63, 3.8) is 0 Å². The number of aliphatic imine (C=N–C) groups is 1. The van der Waals surface area contributed by atoms with E-state index < -0.39 is 7.22 Å². The summed E-state index contributed by atoms with van der Waals surface area (Å²) < 4.78 is 0. The fourth-order valence-corrected chi connectivity index (χ4v) is 7.44. The van der Waals surface area contributed by atoms with E-state index in [2.05, 4.69) is 37.8 Å². The molecule has 0 saturated heterocycles. The molecule has 0 amide bonds. The molecule has 0 aromatic rings. The van der Waals surface area contributed by atoms with Gasteiger partial charge in [-0.25, -0.2) is 0 Å². The van der Waals surface area contributed by atoms with E-state index in [1.807, 2.05) is 0 Å². The van der Waals surface area contributed by atoms with Crippen LogP contribution in [0.1, 0.15) is 51.9 Å². The van der Waals surface area contributed by atoms with Gasteiger partial charge < -0.3 is 0 Å². The van der Waals surface area contributed by atoms with Gasteiger partial charge in [-0.3, -0.25) is 4.99 Å². The van der Waals surface area contributed by atoms with Gasteiger partial charge in [0, 0.05) is 11.0 Å². The van der Waals surface area contributed by atoms with E-state index in [0.29, 0.717) is 0 Å². The van der Waals surface area contributed by atoms with Gasteiger partial charge >= 0.3 is 0 Å². The van der Waals surface area contributed by atoms with E-state index in [9.17, 15) is 0 Å². The van der Waals surface area contributed by atoms with Gasteiger partial charge in [-0.1, -0.05) is 39.4 Å². The Bertz CT molecular complexity index is 237. The van der Waals surface area contributed by atoms with Crippen LogP contribution < -0.4 is 0 Å². The molecule has 1 nitrogen and oxygen atoms in total. The number of rotatable bonds is 6. The van der Waals surface area contributed by atoms with Crippen molar-refractivity contribution in [1.82, 2.24) is 0 Å². The van der Waals surface area contributed by atoms with Crippen LogP contribution in [0.15, 0.2) is 4.99 Å². The first-order valence-electron chi connectivity index (χ1n) is 7.21. The van der Waals surface area contributed by atoms with Crippen LogP contribution in [0.25, 0.3) is 0 Å². The Morgan fingerprint density at radius 3 is 2.35 bits per heavy atom. The Balaban J connectivity index is 2.42. The molecule has 1 atom stereocenters. The summed E-state index contributed by atoms with van der Waals surface area (Å²) in [6, 6.07) is 0. The van der Waals surface area contributed by atoms with Crippen LogP contribution in [-0.4, -0.2) is 24.7 Å². The van der Waals surface area contributed by atoms with E-state index in [1.165, 1.54) is 50.7 Å². The lowest BCUT2D eigenvalue weighted by molar-refractivity contribution is 0.659. The lowest BCUT2D eigenvalue weighted by Gasteiger charge is -2.23. The molecule has 100 valence electrons. The second-order valence-corrected chi connectivity index (χ2v) is 15.6. The van der Waals surface area contributed by atoms with E-state index in [0.717, 1.165) is 11.8 Å².